The van der Waals surface area contributed by atoms with Crippen LogP contribution in [0.5, 0.6) is 11.5 Å². The van der Waals surface area contributed by atoms with Gasteiger partial charge in [0.15, 0.2) is 11.5 Å². The molecule has 0 spiro atoms. The number of likely N-dealkylation sites (N-methyl/N-ethyl adjacent to an activating group) is 1. The maximum Gasteiger partial charge on any atom is 0.337 e. The quantitative estimate of drug-likeness (QED) is 0.236. The summed E-state index contributed by atoms with van der Waals surface area (Å²) in [7, 11) is 1.89. The standard InChI is InChI=1S/C30H35N3O8.ClH/c1-18(2)40-30(35)27-20(4)31-19(3)26(28(27)21-9-8-10-22(15-21)33(36)37)29(34)38-14-13-32(5)16-23-17-39-24-11-6-7-12-25(24)41-23;/h6-12,15,18,23,28,31H,13-14,16-17H2,1-5H3;1H. The van der Waals surface area contributed by atoms with Crippen LogP contribution >= 0.6 is 12.4 Å². The predicted octanol–water partition coefficient (Wildman–Crippen LogP) is 4.52. The van der Waals surface area contributed by atoms with Gasteiger partial charge in [-0.3, -0.25) is 15.0 Å². The van der Waals surface area contributed by atoms with Crippen LogP contribution in [-0.4, -0.2) is 67.3 Å². The lowest BCUT2D eigenvalue weighted by Crippen LogP contribution is -2.40. The smallest absolute Gasteiger partial charge is 0.337 e. The van der Waals surface area contributed by atoms with Crippen LogP contribution in [0.1, 0.15) is 39.2 Å². The number of carbonyl (C=O) groups is 2. The van der Waals surface area contributed by atoms with Gasteiger partial charge in [0.2, 0.25) is 0 Å². The van der Waals surface area contributed by atoms with Crippen LogP contribution in [0, 0.1) is 10.1 Å². The molecule has 4 rings (SSSR count). The van der Waals surface area contributed by atoms with Crippen molar-refractivity contribution in [1.82, 2.24) is 10.2 Å². The molecule has 0 fully saturated rings. The number of benzene rings is 2. The van der Waals surface area contributed by atoms with E-state index < -0.39 is 28.9 Å². The van der Waals surface area contributed by atoms with Crippen molar-refractivity contribution in [3.63, 3.8) is 0 Å². The first-order chi connectivity index (χ1) is 19.5. The molecule has 2 unspecified atom stereocenters. The Bertz CT molecular complexity index is 1390. The molecule has 0 saturated carbocycles. The third-order valence-corrected chi connectivity index (χ3v) is 6.75. The number of hydrogen-bond acceptors (Lipinski definition) is 10. The van der Waals surface area contributed by atoms with Crippen molar-refractivity contribution >= 4 is 30.0 Å². The van der Waals surface area contributed by atoms with Gasteiger partial charge in [0.25, 0.3) is 5.69 Å². The van der Waals surface area contributed by atoms with Crippen molar-refractivity contribution in [1.29, 1.82) is 0 Å². The van der Waals surface area contributed by atoms with E-state index >= 15 is 0 Å². The van der Waals surface area contributed by atoms with E-state index in [0.29, 0.717) is 48.2 Å². The normalized spacial score (nSPS) is 17.9. The number of halogens is 1. The van der Waals surface area contributed by atoms with Gasteiger partial charge in [-0.25, -0.2) is 9.59 Å². The van der Waals surface area contributed by atoms with Crippen molar-refractivity contribution in [2.45, 2.75) is 45.8 Å². The molecule has 2 heterocycles. The molecular weight excluding hydrogens is 566 g/mol. The molecule has 2 aliphatic rings. The lowest BCUT2D eigenvalue weighted by atomic mass is 9.80. The number of non-ortho nitro benzene ring substituents is 1. The van der Waals surface area contributed by atoms with Gasteiger partial charge in [-0.15, -0.1) is 12.4 Å². The molecule has 2 atom stereocenters. The molecule has 2 aliphatic heterocycles. The summed E-state index contributed by atoms with van der Waals surface area (Å²) < 4.78 is 23.0. The number of rotatable bonds is 10. The first-order valence-corrected chi connectivity index (χ1v) is 13.4. The van der Waals surface area contributed by atoms with E-state index in [1.807, 2.05) is 36.2 Å². The molecule has 0 amide bonds. The van der Waals surface area contributed by atoms with E-state index in [2.05, 4.69) is 5.32 Å². The highest BCUT2D eigenvalue weighted by Crippen LogP contribution is 2.40. The predicted molar refractivity (Wildman–Crippen MR) is 158 cm³/mol. The average molecular weight is 602 g/mol. The van der Waals surface area contributed by atoms with Crippen molar-refractivity contribution in [3.8, 4) is 11.5 Å². The summed E-state index contributed by atoms with van der Waals surface area (Å²) >= 11 is 0. The summed E-state index contributed by atoms with van der Waals surface area (Å²) in [6.45, 7) is 8.32. The van der Waals surface area contributed by atoms with Crippen molar-refractivity contribution < 1.29 is 33.5 Å². The molecule has 0 saturated heterocycles. The molecule has 0 bridgehead atoms. The van der Waals surface area contributed by atoms with Crippen LogP contribution in [0.2, 0.25) is 0 Å². The summed E-state index contributed by atoms with van der Waals surface area (Å²) in [5.74, 6) is -0.758. The highest BCUT2D eigenvalue weighted by molar-refractivity contribution is 6.00. The maximum absolute atomic E-state index is 13.5. The Morgan fingerprint density at radius 1 is 1.07 bits per heavy atom. The maximum atomic E-state index is 13.5. The highest BCUT2D eigenvalue weighted by atomic mass is 35.5. The average Bonchev–Trinajstić information content (AvgIpc) is 2.92. The number of para-hydroxylation sites is 2. The number of fused-ring (bicyclic) bond motifs is 1. The second-order valence-corrected chi connectivity index (χ2v) is 10.3. The number of dihydropyridines is 1. The fraction of sp³-hybridized carbons (Fsp3) is 0.400. The second kappa shape index (κ2) is 14.2. The summed E-state index contributed by atoms with van der Waals surface area (Å²) in [5.41, 5.74) is 1.63. The second-order valence-electron chi connectivity index (χ2n) is 10.3. The Balaban J connectivity index is 0.00000484. The summed E-state index contributed by atoms with van der Waals surface area (Å²) in [5, 5.41) is 14.6. The third kappa shape index (κ3) is 7.59. The molecule has 2 aromatic carbocycles. The zero-order chi connectivity index (χ0) is 29.7. The number of carbonyl (C=O) groups excluding carboxylic acids is 2. The number of nitro groups is 1. The Morgan fingerprint density at radius 3 is 2.40 bits per heavy atom. The van der Waals surface area contributed by atoms with Crippen molar-refractivity contribution in [2.24, 2.45) is 0 Å². The number of hydrogen-bond donors (Lipinski definition) is 1. The fourth-order valence-corrected chi connectivity index (χ4v) is 4.93. The monoisotopic (exact) mass is 601 g/mol. The van der Waals surface area contributed by atoms with Gasteiger partial charge in [-0.05, 0) is 52.4 Å². The molecule has 0 aromatic heterocycles. The zero-order valence-electron chi connectivity index (χ0n) is 24.2. The van der Waals surface area contributed by atoms with E-state index in [-0.39, 0.29) is 42.0 Å². The van der Waals surface area contributed by atoms with Gasteiger partial charge in [-0.1, -0.05) is 24.3 Å². The van der Waals surface area contributed by atoms with Gasteiger partial charge in [-0.2, -0.15) is 0 Å². The molecule has 11 nitrogen and oxygen atoms in total. The van der Waals surface area contributed by atoms with Crippen LogP contribution in [0.15, 0.2) is 71.1 Å². The van der Waals surface area contributed by atoms with E-state index in [1.54, 1.807) is 33.8 Å². The van der Waals surface area contributed by atoms with Crippen LogP contribution < -0.4 is 14.8 Å². The fourth-order valence-electron chi connectivity index (χ4n) is 4.93. The number of esters is 2. The summed E-state index contributed by atoms with van der Waals surface area (Å²) in [4.78, 5) is 39.7. The first kappa shape index (κ1) is 32.4. The van der Waals surface area contributed by atoms with Crippen LogP contribution in [0.3, 0.4) is 0 Å². The van der Waals surface area contributed by atoms with E-state index in [0.717, 1.165) is 0 Å². The largest absolute Gasteiger partial charge is 0.486 e. The van der Waals surface area contributed by atoms with Crippen molar-refractivity contribution in [2.75, 3.05) is 33.4 Å². The van der Waals surface area contributed by atoms with Gasteiger partial charge in [0.1, 0.15) is 19.3 Å². The SMILES string of the molecule is CC1=C(C(=O)OCCN(C)CC2COc3ccccc3O2)C(c2cccc([N+](=O)[O-])c2)C(C(=O)OC(C)C)=C(C)N1.Cl. The molecule has 226 valence electrons. The minimum absolute atomic E-state index is 0. The van der Waals surface area contributed by atoms with Gasteiger partial charge in [0.05, 0.1) is 28.1 Å². The Morgan fingerprint density at radius 2 is 1.74 bits per heavy atom. The van der Waals surface area contributed by atoms with Crippen molar-refractivity contribution in [3.05, 3.63) is 86.7 Å². The summed E-state index contributed by atoms with van der Waals surface area (Å²) in [6.07, 6.45) is -0.586. The molecule has 0 aliphatic carbocycles. The number of nitro benzene ring substituents is 1. The van der Waals surface area contributed by atoms with Gasteiger partial charge >= 0.3 is 11.9 Å². The Labute approximate surface area is 251 Å². The molecule has 1 N–H and O–H groups in total. The molecule has 12 heteroatoms. The molecule has 2 aromatic rings. The summed E-state index contributed by atoms with van der Waals surface area (Å²) in [6, 6.07) is 13.4. The molecular formula is C30H36ClN3O8. The highest BCUT2D eigenvalue weighted by Gasteiger charge is 2.39. The Kier molecular flexibility index (Phi) is 11.0. The lowest BCUT2D eigenvalue weighted by Gasteiger charge is -2.31. The number of nitrogens with zero attached hydrogens (tertiary/aromatic N) is 2. The minimum atomic E-state index is -0.916. The first-order valence-electron chi connectivity index (χ1n) is 13.4. The molecule has 0 radical (unpaired) electrons. The van der Waals surface area contributed by atoms with Crippen LogP contribution in [0.4, 0.5) is 5.69 Å². The molecule has 42 heavy (non-hydrogen) atoms. The zero-order valence-corrected chi connectivity index (χ0v) is 25.1. The van der Waals surface area contributed by atoms with Gasteiger partial charge in [0, 0.05) is 36.6 Å². The topological polar surface area (TPSA) is 129 Å². The minimum Gasteiger partial charge on any atom is -0.486 e. The van der Waals surface area contributed by atoms with E-state index in [4.69, 9.17) is 18.9 Å². The third-order valence-electron chi connectivity index (χ3n) is 6.75. The Hall–Kier alpha value is -4.09. The lowest BCUT2D eigenvalue weighted by molar-refractivity contribution is -0.384. The van der Waals surface area contributed by atoms with Gasteiger partial charge < -0.3 is 24.3 Å². The van der Waals surface area contributed by atoms with E-state index in [1.165, 1.54) is 18.2 Å². The number of ether oxygens (including phenoxy) is 4. The van der Waals surface area contributed by atoms with E-state index in [9.17, 15) is 19.7 Å². The van der Waals surface area contributed by atoms with Crippen LogP contribution in [-0.2, 0) is 19.1 Å². The van der Waals surface area contributed by atoms with Crippen LogP contribution in [0.25, 0.3) is 0 Å². The number of allylic oxidation sites excluding steroid dienone is 2. The number of nitrogens with one attached hydrogen (secondary N) is 1.